The summed E-state index contributed by atoms with van der Waals surface area (Å²) in [5.74, 6) is 0.525. The Labute approximate surface area is 167 Å². The summed E-state index contributed by atoms with van der Waals surface area (Å²) in [6, 6.07) is 15.8. The Bertz CT molecular complexity index is 773. The number of nitrogens with one attached hydrogen (secondary N) is 1. The van der Waals surface area contributed by atoms with Gasteiger partial charge < -0.3 is 19.7 Å². The van der Waals surface area contributed by atoms with Crippen molar-refractivity contribution in [1.82, 2.24) is 0 Å². The fourth-order valence-corrected chi connectivity index (χ4v) is 3.11. The molecule has 1 atom stereocenters. The van der Waals surface area contributed by atoms with Crippen LogP contribution in [-0.2, 0) is 14.9 Å². The number of nitrogens with zero attached hydrogens (tertiary/aromatic N) is 1. The molecule has 150 valence electrons. The summed E-state index contributed by atoms with van der Waals surface area (Å²) in [6.45, 7) is 11.6. The van der Waals surface area contributed by atoms with E-state index < -0.39 is 6.10 Å². The monoisotopic (exact) mass is 382 g/mol. The lowest BCUT2D eigenvalue weighted by Crippen LogP contribution is -2.36. The molecule has 0 spiro atoms. The molecular weight excluding hydrogens is 352 g/mol. The van der Waals surface area contributed by atoms with Crippen LogP contribution in [0, 0.1) is 0 Å². The van der Waals surface area contributed by atoms with E-state index in [2.05, 4.69) is 31.0 Å². The summed E-state index contributed by atoms with van der Waals surface area (Å²) in [5, 5.41) is 2.92. The van der Waals surface area contributed by atoms with Gasteiger partial charge in [-0.15, -0.1) is 0 Å². The Hall–Kier alpha value is -2.53. The molecular formula is C23H30N2O3. The molecule has 1 heterocycles. The number of carbonyl (C=O) groups excluding carboxylic acids is 1. The molecule has 3 rings (SSSR count). The molecule has 0 aromatic heterocycles. The second kappa shape index (κ2) is 8.65. The zero-order valence-electron chi connectivity index (χ0n) is 17.2. The smallest absolute Gasteiger partial charge is 0.265 e. The molecule has 2 aromatic carbocycles. The molecule has 1 aliphatic rings. The van der Waals surface area contributed by atoms with E-state index >= 15 is 0 Å². The quantitative estimate of drug-likeness (QED) is 0.841. The van der Waals surface area contributed by atoms with E-state index in [-0.39, 0.29) is 11.3 Å². The Morgan fingerprint density at radius 2 is 1.64 bits per heavy atom. The van der Waals surface area contributed by atoms with Crippen LogP contribution in [0.5, 0.6) is 5.75 Å². The first-order valence-electron chi connectivity index (χ1n) is 9.84. The predicted octanol–water partition coefficient (Wildman–Crippen LogP) is 4.23. The van der Waals surface area contributed by atoms with Gasteiger partial charge in [-0.3, -0.25) is 4.79 Å². The second-order valence-electron chi connectivity index (χ2n) is 8.17. The summed E-state index contributed by atoms with van der Waals surface area (Å²) in [7, 11) is 0. The lowest BCUT2D eigenvalue weighted by Gasteiger charge is -2.29. The third-order valence-corrected chi connectivity index (χ3v) is 4.91. The Morgan fingerprint density at radius 1 is 1.04 bits per heavy atom. The highest BCUT2D eigenvalue weighted by Crippen LogP contribution is 2.25. The van der Waals surface area contributed by atoms with Gasteiger partial charge in [-0.2, -0.15) is 0 Å². The van der Waals surface area contributed by atoms with Crippen molar-refractivity contribution < 1.29 is 14.3 Å². The molecule has 1 amide bonds. The molecule has 1 fully saturated rings. The van der Waals surface area contributed by atoms with Crippen molar-refractivity contribution >= 4 is 17.3 Å². The van der Waals surface area contributed by atoms with Gasteiger partial charge >= 0.3 is 0 Å². The van der Waals surface area contributed by atoms with Crippen LogP contribution >= 0.6 is 0 Å². The second-order valence-corrected chi connectivity index (χ2v) is 8.17. The highest BCUT2D eigenvalue weighted by atomic mass is 16.5. The summed E-state index contributed by atoms with van der Waals surface area (Å²) in [4.78, 5) is 14.7. The minimum absolute atomic E-state index is 0.0922. The normalized spacial score (nSPS) is 15.8. The first-order chi connectivity index (χ1) is 13.3. The van der Waals surface area contributed by atoms with Crippen LogP contribution in [0.4, 0.5) is 11.4 Å². The average Bonchev–Trinajstić information content (AvgIpc) is 2.69. The third-order valence-electron chi connectivity index (χ3n) is 4.91. The maximum absolute atomic E-state index is 12.5. The minimum Gasteiger partial charge on any atom is -0.481 e. The van der Waals surface area contributed by atoms with Crippen LogP contribution in [0.25, 0.3) is 0 Å². The summed E-state index contributed by atoms with van der Waals surface area (Å²) >= 11 is 0. The number of benzene rings is 2. The zero-order valence-corrected chi connectivity index (χ0v) is 17.2. The fraction of sp³-hybridized carbons (Fsp3) is 0.435. The van der Waals surface area contributed by atoms with Crippen LogP contribution in [0.15, 0.2) is 48.5 Å². The topological polar surface area (TPSA) is 50.8 Å². The molecule has 1 saturated heterocycles. The number of carbonyl (C=O) groups is 1. The molecule has 2 aromatic rings. The summed E-state index contributed by atoms with van der Waals surface area (Å²) < 4.78 is 11.2. The lowest BCUT2D eigenvalue weighted by molar-refractivity contribution is -0.122. The Balaban J connectivity index is 1.55. The van der Waals surface area contributed by atoms with E-state index in [9.17, 15) is 4.79 Å². The first-order valence-corrected chi connectivity index (χ1v) is 9.84. The molecule has 0 bridgehead atoms. The van der Waals surface area contributed by atoms with E-state index in [1.165, 1.54) is 5.56 Å². The van der Waals surface area contributed by atoms with Gasteiger partial charge in [0.15, 0.2) is 6.10 Å². The zero-order chi connectivity index (χ0) is 20.1. The number of anilines is 2. The number of ether oxygens (including phenoxy) is 2. The van der Waals surface area contributed by atoms with Crippen molar-refractivity contribution in [1.29, 1.82) is 0 Å². The summed E-state index contributed by atoms with van der Waals surface area (Å²) in [6.07, 6.45) is -0.584. The van der Waals surface area contributed by atoms with Crippen LogP contribution in [0.3, 0.4) is 0 Å². The first kappa shape index (κ1) is 20.2. The van der Waals surface area contributed by atoms with E-state index in [1.807, 2.05) is 48.5 Å². The predicted molar refractivity (Wildman–Crippen MR) is 113 cm³/mol. The number of rotatable bonds is 5. The standard InChI is InChI=1S/C23H30N2O3/c1-17(28-21-11-5-18(6-12-21)23(2,3)4)22(26)24-19-7-9-20(10-8-19)25-13-15-27-16-14-25/h5-12,17H,13-16H2,1-4H3,(H,24,26). The largest absolute Gasteiger partial charge is 0.481 e. The molecule has 1 unspecified atom stereocenters. The molecule has 5 heteroatoms. The van der Waals surface area contributed by atoms with Crippen molar-refractivity contribution in [3.05, 3.63) is 54.1 Å². The van der Waals surface area contributed by atoms with Gasteiger partial charge in [-0.05, 0) is 54.3 Å². The van der Waals surface area contributed by atoms with Crippen molar-refractivity contribution in [2.45, 2.75) is 39.2 Å². The SMILES string of the molecule is CC(Oc1ccc(C(C)(C)C)cc1)C(=O)Nc1ccc(N2CCOCC2)cc1. The van der Waals surface area contributed by atoms with Crippen LogP contribution < -0.4 is 15.0 Å². The highest BCUT2D eigenvalue weighted by molar-refractivity contribution is 5.94. The lowest BCUT2D eigenvalue weighted by atomic mass is 9.87. The van der Waals surface area contributed by atoms with Gasteiger partial charge in [-0.25, -0.2) is 0 Å². The van der Waals surface area contributed by atoms with E-state index in [0.29, 0.717) is 5.75 Å². The molecule has 1 aliphatic heterocycles. The number of morpholine rings is 1. The van der Waals surface area contributed by atoms with Crippen molar-refractivity contribution in [3.8, 4) is 5.75 Å². The third kappa shape index (κ3) is 5.26. The maximum atomic E-state index is 12.5. The van der Waals surface area contributed by atoms with Gasteiger partial charge in [-0.1, -0.05) is 32.9 Å². The summed E-state index contributed by atoms with van der Waals surface area (Å²) in [5.41, 5.74) is 3.23. The average molecular weight is 383 g/mol. The number of hydrogen-bond acceptors (Lipinski definition) is 4. The van der Waals surface area contributed by atoms with Gasteiger partial charge in [0.05, 0.1) is 13.2 Å². The van der Waals surface area contributed by atoms with Gasteiger partial charge in [0.1, 0.15) is 5.75 Å². The van der Waals surface area contributed by atoms with Gasteiger partial charge in [0.2, 0.25) is 0 Å². The molecule has 28 heavy (non-hydrogen) atoms. The molecule has 0 saturated carbocycles. The van der Waals surface area contributed by atoms with Crippen LogP contribution in [0.2, 0.25) is 0 Å². The van der Waals surface area contributed by atoms with Gasteiger partial charge in [0, 0.05) is 24.5 Å². The van der Waals surface area contributed by atoms with E-state index in [0.717, 1.165) is 37.7 Å². The Kier molecular flexibility index (Phi) is 6.25. The van der Waals surface area contributed by atoms with Crippen LogP contribution in [-0.4, -0.2) is 38.3 Å². The minimum atomic E-state index is -0.584. The van der Waals surface area contributed by atoms with Crippen molar-refractivity contribution in [3.63, 3.8) is 0 Å². The van der Waals surface area contributed by atoms with E-state index in [4.69, 9.17) is 9.47 Å². The van der Waals surface area contributed by atoms with Crippen LogP contribution in [0.1, 0.15) is 33.3 Å². The van der Waals surface area contributed by atoms with E-state index in [1.54, 1.807) is 6.92 Å². The van der Waals surface area contributed by atoms with Crippen molar-refractivity contribution in [2.24, 2.45) is 0 Å². The molecule has 5 nitrogen and oxygen atoms in total. The molecule has 0 aliphatic carbocycles. The number of hydrogen-bond donors (Lipinski definition) is 1. The van der Waals surface area contributed by atoms with Gasteiger partial charge in [0.25, 0.3) is 5.91 Å². The highest BCUT2D eigenvalue weighted by Gasteiger charge is 2.17. The fourth-order valence-electron chi connectivity index (χ4n) is 3.11. The Morgan fingerprint density at radius 3 is 2.21 bits per heavy atom. The maximum Gasteiger partial charge on any atom is 0.265 e. The molecule has 1 N–H and O–H groups in total. The molecule has 0 radical (unpaired) electrons. The van der Waals surface area contributed by atoms with Crippen molar-refractivity contribution in [2.75, 3.05) is 36.5 Å². The number of amides is 1.